The summed E-state index contributed by atoms with van der Waals surface area (Å²) in [5, 5.41) is 11.5. The van der Waals surface area contributed by atoms with Gasteiger partial charge in [-0.3, -0.25) is 9.78 Å². The molecule has 1 heterocycles. The summed E-state index contributed by atoms with van der Waals surface area (Å²) in [6, 6.07) is 2.76. The molecule has 2 N–H and O–H groups in total. The van der Waals surface area contributed by atoms with Crippen LogP contribution in [0.2, 0.25) is 0 Å². The highest BCUT2D eigenvalue weighted by molar-refractivity contribution is 8.00. The predicted octanol–water partition coefficient (Wildman–Crippen LogP) is 1.40. The number of nitrogens with one attached hydrogen (secondary N) is 1. The van der Waals surface area contributed by atoms with Gasteiger partial charge in [-0.05, 0) is 18.1 Å². The standard InChI is InChI=1S/C12H16N2O3S/c1-8(2)11(12(16)17)14-10(15)7-18-9-3-5-13-6-4-9/h3-6,8,11H,7H2,1-2H3,(H,14,15)(H,16,17). The fraction of sp³-hybridized carbons (Fsp3) is 0.417. The van der Waals surface area contributed by atoms with Crippen LogP contribution in [0.1, 0.15) is 13.8 Å². The van der Waals surface area contributed by atoms with Crippen molar-refractivity contribution in [2.45, 2.75) is 24.8 Å². The van der Waals surface area contributed by atoms with Gasteiger partial charge in [0.1, 0.15) is 6.04 Å². The normalized spacial score (nSPS) is 12.2. The maximum atomic E-state index is 11.6. The van der Waals surface area contributed by atoms with Crippen LogP contribution in [-0.2, 0) is 9.59 Å². The zero-order chi connectivity index (χ0) is 13.5. The van der Waals surface area contributed by atoms with Crippen LogP contribution >= 0.6 is 11.8 Å². The van der Waals surface area contributed by atoms with Crippen LogP contribution in [0.4, 0.5) is 0 Å². The molecule has 0 aliphatic rings. The molecule has 0 aliphatic carbocycles. The van der Waals surface area contributed by atoms with Gasteiger partial charge in [-0.1, -0.05) is 13.8 Å². The van der Waals surface area contributed by atoms with Crippen LogP contribution in [-0.4, -0.2) is 33.8 Å². The number of pyridine rings is 1. The zero-order valence-electron chi connectivity index (χ0n) is 10.3. The number of thioether (sulfide) groups is 1. The molecular formula is C12H16N2O3S. The number of amides is 1. The van der Waals surface area contributed by atoms with E-state index in [1.165, 1.54) is 11.8 Å². The second-order valence-electron chi connectivity index (χ2n) is 4.10. The van der Waals surface area contributed by atoms with E-state index in [4.69, 9.17) is 5.11 Å². The van der Waals surface area contributed by atoms with Crippen LogP contribution < -0.4 is 5.32 Å². The first-order valence-electron chi connectivity index (χ1n) is 5.55. The summed E-state index contributed by atoms with van der Waals surface area (Å²) >= 11 is 1.35. The number of hydrogen-bond donors (Lipinski definition) is 2. The van der Waals surface area contributed by atoms with E-state index in [0.717, 1.165) is 4.90 Å². The minimum Gasteiger partial charge on any atom is -0.480 e. The number of carbonyl (C=O) groups excluding carboxylic acids is 1. The third-order valence-corrected chi connectivity index (χ3v) is 3.28. The molecule has 5 nitrogen and oxygen atoms in total. The summed E-state index contributed by atoms with van der Waals surface area (Å²) in [5.74, 6) is -1.23. The monoisotopic (exact) mass is 268 g/mol. The first-order valence-corrected chi connectivity index (χ1v) is 6.54. The molecule has 0 bridgehead atoms. The van der Waals surface area contributed by atoms with E-state index in [-0.39, 0.29) is 17.6 Å². The zero-order valence-corrected chi connectivity index (χ0v) is 11.1. The fourth-order valence-corrected chi connectivity index (χ4v) is 2.01. The molecule has 1 rings (SSSR count). The predicted molar refractivity (Wildman–Crippen MR) is 69.4 cm³/mol. The molecule has 0 saturated carbocycles. The number of hydrogen-bond acceptors (Lipinski definition) is 4. The van der Waals surface area contributed by atoms with Gasteiger partial charge >= 0.3 is 5.97 Å². The maximum Gasteiger partial charge on any atom is 0.326 e. The highest BCUT2D eigenvalue weighted by atomic mass is 32.2. The van der Waals surface area contributed by atoms with Crippen LogP contribution in [0.15, 0.2) is 29.4 Å². The van der Waals surface area contributed by atoms with Crippen molar-refractivity contribution in [3.05, 3.63) is 24.5 Å². The summed E-state index contributed by atoms with van der Waals surface area (Å²) < 4.78 is 0. The minimum absolute atomic E-state index is 0.141. The van der Waals surface area contributed by atoms with Crippen LogP contribution in [0.3, 0.4) is 0 Å². The van der Waals surface area contributed by atoms with Gasteiger partial charge in [0.25, 0.3) is 0 Å². The summed E-state index contributed by atoms with van der Waals surface area (Å²) in [6.07, 6.45) is 3.29. The van der Waals surface area contributed by atoms with Crippen molar-refractivity contribution in [3.63, 3.8) is 0 Å². The molecular weight excluding hydrogens is 252 g/mol. The Morgan fingerprint density at radius 3 is 2.50 bits per heavy atom. The number of carboxylic acid groups (broad SMARTS) is 1. The smallest absolute Gasteiger partial charge is 0.326 e. The number of carboxylic acids is 1. The van der Waals surface area contributed by atoms with Gasteiger partial charge in [-0.25, -0.2) is 4.79 Å². The number of nitrogens with zero attached hydrogens (tertiary/aromatic N) is 1. The summed E-state index contributed by atoms with van der Waals surface area (Å²) in [6.45, 7) is 3.52. The van der Waals surface area contributed by atoms with E-state index in [9.17, 15) is 9.59 Å². The van der Waals surface area contributed by atoms with E-state index >= 15 is 0 Å². The van der Waals surface area contributed by atoms with E-state index in [2.05, 4.69) is 10.3 Å². The molecule has 18 heavy (non-hydrogen) atoms. The molecule has 1 aromatic heterocycles. The van der Waals surface area contributed by atoms with Gasteiger partial charge in [-0.15, -0.1) is 11.8 Å². The molecule has 98 valence electrons. The number of rotatable bonds is 6. The van der Waals surface area contributed by atoms with Gasteiger partial charge < -0.3 is 10.4 Å². The lowest BCUT2D eigenvalue weighted by atomic mass is 10.1. The van der Waals surface area contributed by atoms with Crippen LogP contribution in [0.5, 0.6) is 0 Å². The van der Waals surface area contributed by atoms with Gasteiger partial charge in [0.05, 0.1) is 5.75 Å². The highest BCUT2D eigenvalue weighted by Gasteiger charge is 2.23. The van der Waals surface area contributed by atoms with Crippen molar-refractivity contribution < 1.29 is 14.7 Å². The van der Waals surface area contributed by atoms with Crippen molar-refractivity contribution in [3.8, 4) is 0 Å². The summed E-state index contributed by atoms with van der Waals surface area (Å²) in [5.41, 5.74) is 0. The van der Waals surface area contributed by atoms with E-state index in [1.807, 2.05) is 0 Å². The molecule has 0 radical (unpaired) electrons. The Balaban J connectivity index is 2.44. The third-order valence-electron chi connectivity index (χ3n) is 2.27. The first-order chi connectivity index (χ1) is 8.50. The second kappa shape index (κ2) is 7.00. The number of aromatic nitrogens is 1. The highest BCUT2D eigenvalue weighted by Crippen LogP contribution is 2.15. The van der Waals surface area contributed by atoms with Crippen molar-refractivity contribution in [1.82, 2.24) is 10.3 Å². The lowest BCUT2D eigenvalue weighted by Crippen LogP contribution is -2.45. The van der Waals surface area contributed by atoms with Gasteiger partial charge in [0.15, 0.2) is 0 Å². The number of aliphatic carboxylic acids is 1. The van der Waals surface area contributed by atoms with E-state index < -0.39 is 12.0 Å². The lowest BCUT2D eigenvalue weighted by Gasteiger charge is -2.17. The third kappa shape index (κ3) is 4.75. The average molecular weight is 268 g/mol. The summed E-state index contributed by atoms with van der Waals surface area (Å²) in [4.78, 5) is 27.3. The van der Waals surface area contributed by atoms with Crippen molar-refractivity contribution in [1.29, 1.82) is 0 Å². The molecule has 1 unspecified atom stereocenters. The molecule has 0 saturated heterocycles. The number of carbonyl (C=O) groups is 2. The molecule has 0 aromatic carbocycles. The fourth-order valence-electron chi connectivity index (χ4n) is 1.31. The van der Waals surface area contributed by atoms with Crippen molar-refractivity contribution in [2.75, 3.05) is 5.75 Å². The average Bonchev–Trinajstić information content (AvgIpc) is 2.34. The quantitative estimate of drug-likeness (QED) is 0.762. The Kier molecular flexibility index (Phi) is 5.64. The largest absolute Gasteiger partial charge is 0.480 e. The van der Waals surface area contributed by atoms with E-state index in [0.29, 0.717) is 0 Å². The Morgan fingerprint density at radius 2 is 2.00 bits per heavy atom. The lowest BCUT2D eigenvalue weighted by molar-refractivity contribution is -0.142. The maximum absolute atomic E-state index is 11.6. The Bertz CT molecular complexity index is 409. The van der Waals surface area contributed by atoms with Crippen LogP contribution in [0, 0.1) is 5.92 Å². The van der Waals surface area contributed by atoms with E-state index in [1.54, 1.807) is 38.4 Å². The molecule has 0 spiro atoms. The Hall–Kier alpha value is -1.56. The molecule has 0 aliphatic heterocycles. The molecule has 1 atom stereocenters. The van der Waals surface area contributed by atoms with Crippen LogP contribution in [0.25, 0.3) is 0 Å². The Morgan fingerprint density at radius 1 is 1.39 bits per heavy atom. The minimum atomic E-state index is -1.01. The second-order valence-corrected chi connectivity index (χ2v) is 5.15. The van der Waals surface area contributed by atoms with Crippen molar-refractivity contribution in [2.24, 2.45) is 5.92 Å². The molecule has 6 heteroatoms. The van der Waals surface area contributed by atoms with Gasteiger partial charge in [0, 0.05) is 17.3 Å². The van der Waals surface area contributed by atoms with Gasteiger partial charge in [0.2, 0.25) is 5.91 Å². The SMILES string of the molecule is CC(C)C(NC(=O)CSc1ccncc1)C(=O)O. The summed E-state index contributed by atoms with van der Waals surface area (Å²) in [7, 11) is 0. The van der Waals surface area contributed by atoms with Crippen molar-refractivity contribution >= 4 is 23.6 Å². The molecule has 1 aromatic rings. The van der Waals surface area contributed by atoms with Gasteiger partial charge in [-0.2, -0.15) is 0 Å². The molecule has 0 fully saturated rings. The first kappa shape index (κ1) is 14.5. The Labute approximate surface area is 110 Å². The topological polar surface area (TPSA) is 79.3 Å². The molecule has 1 amide bonds.